The number of nitrogens with zero attached hydrogens (tertiary/aromatic N) is 2. The fourth-order valence-electron chi connectivity index (χ4n) is 3.27. The lowest BCUT2D eigenvalue weighted by Crippen LogP contribution is -2.39. The van der Waals surface area contributed by atoms with E-state index in [1.165, 1.54) is 0 Å². The number of ether oxygens (including phenoxy) is 1. The van der Waals surface area contributed by atoms with Gasteiger partial charge in [-0.25, -0.2) is 0 Å². The minimum absolute atomic E-state index is 0.0985. The first-order valence-electron chi connectivity index (χ1n) is 8.19. The highest BCUT2D eigenvalue weighted by Gasteiger charge is 2.28. The first-order chi connectivity index (χ1) is 11.6. The van der Waals surface area contributed by atoms with Crippen molar-refractivity contribution in [2.24, 2.45) is 5.92 Å². The molecule has 24 heavy (non-hydrogen) atoms. The average Bonchev–Trinajstić information content (AvgIpc) is 2.61. The van der Waals surface area contributed by atoms with Crippen molar-refractivity contribution >= 4 is 28.1 Å². The number of carbonyl (C=O) groups is 1. The molecular weight excluding hydrogens is 308 g/mol. The van der Waals surface area contributed by atoms with Gasteiger partial charge in [-0.1, -0.05) is 18.2 Å². The molecular formula is C18H20N2O4. The number of benzene rings is 2. The standard InChI is InChI=1S/C18H20N2O4/c1-2-24-18(21)14-7-5-9-19(12-14)15-10-13-6-3-4-8-16(13)17(11-15)20(22)23/h3-4,6,8,10-11,14H,2,5,7,9,12H2,1H3/t14-/m0/s1. The fourth-order valence-corrected chi connectivity index (χ4v) is 3.27. The molecule has 126 valence electrons. The van der Waals surface area contributed by atoms with Gasteiger partial charge < -0.3 is 9.64 Å². The highest BCUT2D eigenvalue weighted by Crippen LogP contribution is 2.33. The summed E-state index contributed by atoms with van der Waals surface area (Å²) in [6.07, 6.45) is 1.66. The number of rotatable bonds is 4. The first-order valence-corrected chi connectivity index (χ1v) is 8.19. The van der Waals surface area contributed by atoms with E-state index in [4.69, 9.17) is 4.74 Å². The minimum Gasteiger partial charge on any atom is -0.466 e. The number of hydrogen-bond donors (Lipinski definition) is 0. The van der Waals surface area contributed by atoms with Gasteiger partial charge in [-0.15, -0.1) is 0 Å². The van der Waals surface area contributed by atoms with E-state index in [2.05, 4.69) is 0 Å². The predicted molar refractivity (Wildman–Crippen MR) is 92.2 cm³/mol. The summed E-state index contributed by atoms with van der Waals surface area (Å²) >= 11 is 0. The van der Waals surface area contributed by atoms with Crippen LogP contribution >= 0.6 is 0 Å². The lowest BCUT2D eigenvalue weighted by molar-refractivity contribution is -0.383. The maximum absolute atomic E-state index is 12.0. The quantitative estimate of drug-likeness (QED) is 0.488. The largest absolute Gasteiger partial charge is 0.466 e. The molecule has 2 aromatic carbocycles. The van der Waals surface area contributed by atoms with Crippen LogP contribution in [0.3, 0.4) is 0 Å². The third-order valence-electron chi connectivity index (χ3n) is 4.43. The number of hydrogen-bond acceptors (Lipinski definition) is 5. The van der Waals surface area contributed by atoms with E-state index in [1.54, 1.807) is 25.1 Å². The molecule has 0 amide bonds. The van der Waals surface area contributed by atoms with E-state index < -0.39 is 0 Å². The number of anilines is 1. The molecule has 0 spiro atoms. The third-order valence-corrected chi connectivity index (χ3v) is 4.43. The van der Waals surface area contributed by atoms with E-state index in [1.807, 2.05) is 23.1 Å². The Morgan fingerprint density at radius 1 is 1.38 bits per heavy atom. The Morgan fingerprint density at radius 2 is 2.17 bits per heavy atom. The van der Waals surface area contributed by atoms with Crippen LogP contribution in [0.15, 0.2) is 36.4 Å². The van der Waals surface area contributed by atoms with E-state index >= 15 is 0 Å². The summed E-state index contributed by atoms with van der Waals surface area (Å²) in [5, 5.41) is 12.9. The number of nitro benzene ring substituents is 1. The maximum atomic E-state index is 12.0. The van der Waals surface area contributed by atoms with Crippen LogP contribution in [-0.4, -0.2) is 30.6 Å². The van der Waals surface area contributed by atoms with Gasteiger partial charge in [-0.3, -0.25) is 14.9 Å². The van der Waals surface area contributed by atoms with Gasteiger partial charge in [0.1, 0.15) is 0 Å². The van der Waals surface area contributed by atoms with Crippen molar-refractivity contribution in [3.63, 3.8) is 0 Å². The molecule has 1 aliphatic heterocycles. The molecule has 1 heterocycles. The van der Waals surface area contributed by atoms with Crippen molar-refractivity contribution < 1.29 is 14.5 Å². The van der Waals surface area contributed by atoms with Crippen LogP contribution in [0.25, 0.3) is 10.8 Å². The Kier molecular flexibility index (Phi) is 4.64. The van der Waals surface area contributed by atoms with Crippen LogP contribution in [0.4, 0.5) is 11.4 Å². The van der Waals surface area contributed by atoms with Gasteiger partial charge in [0.25, 0.3) is 5.69 Å². The zero-order valence-electron chi connectivity index (χ0n) is 13.6. The molecule has 1 fully saturated rings. The van der Waals surface area contributed by atoms with Gasteiger partial charge >= 0.3 is 5.97 Å². The van der Waals surface area contributed by atoms with Crippen LogP contribution in [-0.2, 0) is 9.53 Å². The molecule has 0 unspecified atom stereocenters. The van der Waals surface area contributed by atoms with Crippen LogP contribution in [0, 0.1) is 16.0 Å². The molecule has 0 N–H and O–H groups in total. The van der Waals surface area contributed by atoms with E-state index in [9.17, 15) is 14.9 Å². The van der Waals surface area contributed by atoms with E-state index in [0.29, 0.717) is 18.5 Å². The highest BCUT2D eigenvalue weighted by molar-refractivity contribution is 5.94. The monoisotopic (exact) mass is 328 g/mol. The summed E-state index contributed by atoms with van der Waals surface area (Å²) in [5.74, 6) is -0.360. The molecule has 0 saturated carbocycles. The molecule has 0 aromatic heterocycles. The van der Waals surface area contributed by atoms with E-state index in [0.717, 1.165) is 30.5 Å². The molecule has 1 saturated heterocycles. The number of esters is 1. The molecule has 0 aliphatic carbocycles. The molecule has 2 aromatic rings. The SMILES string of the molecule is CCOC(=O)[C@H]1CCCN(c2cc([N+](=O)[O-])c3ccccc3c2)C1. The van der Waals surface area contributed by atoms with Crippen LogP contribution in [0.1, 0.15) is 19.8 Å². The number of carbonyl (C=O) groups excluding carboxylic acids is 1. The van der Waals surface area contributed by atoms with Crippen LogP contribution in [0.5, 0.6) is 0 Å². The molecule has 1 aliphatic rings. The summed E-state index contributed by atoms with van der Waals surface area (Å²) in [7, 11) is 0. The van der Waals surface area contributed by atoms with Gasteiger partial charge in [0, 0.05) is 24.8 Å². The summed E-state index contributed by atoms with van der Waals surface area (Å²) in [6, 6.07) is 10.9. The number of fused-ring (bicyclic) bond motifs is 1. The van der Waals surface area contributed by atoms with E-state index in [-0.39, 0.29) is 22.5 Å². The predicted octanol–water partition coefficient (Wildman–Crippen LogP) is 3.53. The molecule has 0 bridgehead atoms. The Balaban J connectivity index is 1.94. The molecule has 1 atom stereocenters. The van der Waals surface area contributed by atoms with Crippen molar-refractivity contribution in [3.8, 4) is 0 Å². The van der Waals surface area contributed by atoms with Crippen molar-refractivity contribution in [2.45, 2.75) is 19.8 Å². The number of piperidine rings is 1. The zero-order chi connectivity index (χ0) is 17.1. The lowest BCUT2D eigenvalue weighted by atomic mass is 9.97. The second-order valence-corrected chi connectivity index (χ2v) is 5.98. The van der Waals surface area contributed by atoms with Crippen molar-refractivity contribution in [1.29, 1.82) is 0 Å². The summed E-state index contributed by atoms with van der Waals surface area (Å²) in [5.41, 5.74) is 0.885. The Labute approximate surface area is 140 Å². The lowest BCUT2D eigenvalue weighted by Gasteiger charge is -2.33. The molecule has 0 radical (unpaired) electrons. The van der Waals surface area contributed by atoms with Crippen molar-refractivity contribution in [2.75, 3.05) is 24.6 Å². The summed E-state index contributed by atoms with van der Waals surface area (Å²) in [6.45, 7) is 3.49. The molecule has 6 heteroatoms. The summed E-state index contributed by atoms with van der Waals surface area (Å²) in [4.78, 5) is 25.1. The smallest absolute Gasteiger partial charge is 0.310 e. The van der Waals surface area contributed by atoms with Gasteiger partial charge in [-0.05, 0) is 37.3 Å². The summed E-state index contributed by atoms with van der Waals surface area (Å²) < 4.78 is 5.12. The van der Waals surface area contributed by atoms with Gasteiger partial charge in [0.05, 0.1) is 22.8 Å². The van der Waals surface area contributed by atoms with Gasteiger partial charge in [0.2, 0.25) is 0 Å². The second kappa shape index (κ2) is 6.86. The van der Waals surface area contributed by atoms with Crippen LogP contribution in [0.2, 0.25) is 0 Å². The minimum atomic E-state index is -0.349. The topological polar surface area (TPSA) is 72.7 Å². The molecule has 6 nitrogen and oxygen atoms in total. The first kappa shape index (κ1) is 16.2. The average molecular weight is 328 g/mol. The third kappa shape index (κ3) is 3.18. The molecule has 3 rings (SSSR count). The second-order valence-electron chi connectivity index (χ2n) is 5.98. The zero-order valence-corrected chi connectivity index (χ0v) is 13.6. The van der Waals surface area contributed by atoms with Crippen LogP contribution < -0.4 is 4.90 Å². The Bertz CT molecular complexity index is 775. The Morgan fingerprint density at radius 3 is 2.92 bits per heavy atom. The van der Waals surface area contributed by atoms with Crippen molar-refractivity contribution in [3.05, 3.63) is 46.5 Å². The normalized spacial score (nSPS) is 17.7. The number of non-ortho nitro benzene ring substituents is 1. The number of nitro groups is 1. The maximum Gasteiger partial charge on any atom is 0.310 e. The van der Waals surface area contributed by atoms with Crippen molar-refractivity contribution in [1.82, 2.24) is 0 Å². The fraction of sp³-hybridized carbons (Fsp3) is 0.389. The highest BCUT2D eigenvalue weighted by atomic mass is 16.6. The van der Waals surface area contributed by atoms with Gasteiger partial charge in [-0.2, -0.15) is 0 Å². The Hall–Kier alpha value is -2.63. The van der Waals surface area contributed by atoms with Gasteiger partial charge in [0.15, 0.2) is 0 Å².